The van der Waals surface area contributed by atoms with Crippen LogP contribution in [0.3, 0.4) is 0 Å². The van der Waals surface area contributed by atoms with Crippen molar-refractivity contribution in [2.45, 2.75) is 53.4 Å². The van der Waals surface area contributed by atoms with Gasteiger partial charge in [-0.05, 0) is 0 Å². The summed E-state index contributed by atoms with van der Waals surface area (Å²) in [5, 5.41) is 2.55. The van der Waals surface area contributed by atoms with E-state index < -0.39 is 21.8 Å². The first-order valence-electron chi connectivity index (χ1n) is 11.9. The molecule has 5 rings (SSSR count). The number of hydrogen-bond donors (Lipinski definition) is 0. The van der Waals surface area contributed by atoms with Gasteiger partial charge in [0, 0.05) is 0 Å². The van der Waals surface area contributed by atoms with Crippen molar-refractivity contribution in [1.82, 2.24) is 9.97 Å². The molecule has 2 heterocycles. The Bertz CT molecular complexity index is 1390. The van der Waals surface area contributed by atoms with Gasteiger partial charge in [0.15, 0.2) is 0 Å². The molecule has 3 aromatic carbocycles. The van der Waals surface area contributed by atoms with Gasteiger partial charge < -0.3 is 0 Å². The molecule has 0 spiro atoms. The van der Waals surface area contributed by atoms with Gasteiger partial charge in [-0.3, -0.25) is 0 Å². The third-order valence-electron chi connectivity index (χ3n) is 6.16. The van der Waals surface area contributed by atoms with Crippen LogP contribution in [0, 0.1) is 5.41 Å². The van der Waals surface area contributed by atoms with Crippen molar-refractivity contribution in [3.8, 4) is 11.3 Å². The molecule has 1 aliphatic heterocycles. The first-order chi connectivity index (χ1) is 16.1. The van der Waals surface area contributed by atoms with E-state index >= 15 is 0 Å². The second kappa shape index (κ2) is 8.65. The Morgan fingerprint density at radius 3 is 2.21 bits per heavy atom. The Hall–Kier alpha value is -2.45. The number of rotatable bonds is 3. The monoisotopic (exact) mass is 643 g/mol. The van der Waals surface area contributed by atoms with Crippen LogP contribution in [-0.2, 0) is 5.41 Å². The summed E-state index contributed by atoms with van der Waals surface area (Å²) in [7, 11) is 0. The van der Waals surface area contributed by atoms with Gasteiger partial charge in [-0.15, -0.1) is 0 Å². The Morgan fingerprint density at radius 2 is 1.50 bits per heavy atom. The van der Waals surface area contributed by atoms with E-state index in [1.807, 2.05) is 0 Å². The van der Waals surface area contributed by atoms with Crippen molar-refractivity contribution in [3.05, 3.63) is 78.6 Å². The van der Waals surface area contributed by atoms with Crippen LogP contribution < -0.4 is 6.67 Å². The first kappa shape index (κ1) is 23.3. The molecule has 4 aromatic rings. The molecule has 0 saturated carbocycles. The molecule has 0 aliphatic carbocycles. The van der Waals surface area contributed by atoms with Gasteiger partial charge in [0.25, 0.3) is 0 Å². The predicted molar refractivity (Wildman–Crippen MR) is 146 cm³/mol. The molecule has 0 saturated heterocycles. The van der Waals surface area contributed by atoms with Crippen LogP contribution in [0.25, 0.3) is 22.0 Å². The number of nitrogens with zero attached hydrogens (tertiary/aromatic N) is 3. The normalized spacial score (nSPS) is 14.4. The molecule has 0 bridgehead atoms. The molecule has 4 heteroatoms. The molecule has 1 aromatic heterocycles. The Morgan fingerprint density at radius 1 is 0.794 bits per heavy atom. The second-order valence-electron chi connectivity index (χ2n) is 11.3. The number of fused-ring (bicyclic) bond motifs is 2. The van der Waals surface area contributed by atoms with Gasteiger partial charge >= 0.3 is 212 Å². The van der Waals surface area contributed by atoms with Crippen molar-refractivity contribution < 1.29 is 0 Å². The van der Waals surface area contributed by atoms with Gasteiger partial charge in [0.2, 0.25) is 0 Å². The molecule has 0 fully saturated rings. The zero-order valence-electron chi connectivity index (χ0n) is 20.9. The maximum absolute atomic E-state index is 5.33. The minimum atomic E-state index is -2.53. The summed E-state index contributed by atoms with van der Waals surface area (Å²) in [6.07, 6.45) is 2.77. The summed E-state index contributed by atoms with van der Waals surface area (Å²) < 4.78 is 4.04. The van der Waals surface area contributed by atoms with E-state index in [1.165, 1.54) is 26.4 Å². The topological polar surface area (TPSA) is 38.1 Å². The number of benzene rings is 3. The van der Waals surface area contributed by atoms with E-state index in [4.69, 9.17) is 15.0 Å². The van der Waals surface area contributed by atoms with Crippen molar-refractivity contribution >= 4 is 48.3 Å². The van der Waals surface area contributed by atoms with Crippen molar-refractivity contribution in [1.29, 1.82) is 0 Å². The van der Waals surface area contributed by atoms with Gasteiger partial charge in [0.05, 0.1) is 0 Å². The van der Waals surface area contributed by atoms with Crippen LogP contribution in [0.4, 0.5) is 5.69 Å². The fraction of sp³-hybridized carbons (Fsp3) is 0.300. The van der Waals surface area contributed by atoms with Crippen LogP contribution in [0.1, 0.15) is 53.5 Å². The van der Waals surface area contributed by atoms with Crippen LogP contribution in [0.2, 0.25) is 0 Å². The summed E-state index contributed by atoms with van der Waals surface area (Å²) in [6.45, 7) is 13.8. The van der Waals surface area contributed by atoms with Crippen LogP contribution in [0.15, 0.2) is 78.0 Å². The summed E-state index contributed by atoms with van der Waals surface area (Å²) in [5.41, 5.74) is 4.67. The number of aromatic nitrogens is 2. The average Bonchev–Trinajstić information content (AvgIpc) is 3.14. The average molecular weight is 644 g/mol. The zero-order valence-corrected chi connectivity index (χ0v) is 24.4. The second-order valence-corrected chi connectivity index (χ2v) is 19.6. The summed E-state index contributed by atoms with van der Waals surface area (Å²) in [5.74, 6) is 0. The van der Waals surface area contributed by atoms with E-state index in [-0.39, 0.29) is 10.8 Å². The quantitative estimate of drug-likeness (QED) is 0.247. The molecule has 1 aliphatic rings. The summed E-state index contributed by atoms with van der Waals surface area (Å²) >= 11 is -2.53. The van der Waals surface area contributed by atoms with Gasteiger partial charge in [-0.1, -0.05) is 0 Å². The summed E-state index contributed by atoms with van der Waals surface area (Å²) in [6, 6.07) is 24.2. The zero-order chi connectivity index (χ0) is 24.1. The van der Waals surface area contributed by atoms with Crippen molar-refractivity contribution in [2.24, 2.45) is 10.4 Å². The van der Waals surface area contributed by atoms with E-state index in [0.29, 0.717) is 0 Å². The molecule has 0 radical (unpaired) electrons. The molecule has 0 unspecified atom stereocenters. The fourth-order valence-electron chi connectivity index (χ4n) is 4.66. The van der Waals surface area contributed by atoms with E-state index in [2.05, 4.69) is 108 Å². The minimum absolute atomic E-state index is 0.0257. The molecule has 0 atom stereocenters. The molecule has 34 heavy (non-hydrogen) atoms. The van der Waals surface area contributed by atoms with Gasteiger partial charge in [-0.25, -0.2) is 0 Å². The fourth-order valence-corrected chi connectivity index (χ4v) is 14.9. The third kappa shape index (κ3) is 4.45. The van der Waals surface area contributed by atoms with Crippen molar-refractivity contribution in [3.63, 3.8) is 0 Å². The standard InChI is InChI=1S/C24H27N3.C6H5.Bi/c1-23(2,3)11-12-26-21-15-25-16-27-22(21)18-13-17-9-7-8-10-19(17)20(14-18)24(4,5)6;1-2-4-6-5-3-1;/h7-10,13-14,16H,11H2,1-6H3;1-5H;. The Balaban J connectivity index is 1.73. The predicted octanol–water partition coefficient (Wildman–Crippen LogP) is 6.26. The third-order valence-corrected chi connectivity index (χ3v) is 15.3. The van der Waals surface area contributed by atoms with Crippen LogP contribution >= 0.6 is 0 Å². The molecule has 0 amide bonds. The number of aliphatic imine (C=N–C) groups is 1. The van der Waals surface area contributed by atoms with E-state index in [1.54, 1.807) is 6.33 Å². The molecule has 0 N–H and O–H groups in total. The van der Waals surface area contributed by atoms with E-state index in [9.17, 15) is 0 Å². The SMILES string of the molecule is CC(C)(C)C[C]1=Nc2c(-c3cc(C(C)(C)C)c4ccccc4c3)ncn[c]2[Bi]1[c]1ccccc1. The Labute approximate surface area is 211 Å². The maximum atomic E-state index is 5.33. The van der Waals surface area contributed by atoms with Crippen LogP contribution in [0.5, 0.6) is 0 Å². The number of hydrogen-bond acceptors (Lipinski definition) is 3. The molecular weight excluding hydrogens is 611 g/mol. The molecular formula is C30H32BiN3. The van der Waals surface area contributed by atoms with E-state index in [0.717, 1.165) is 23.4 Å². The van der Waals surface area contributed by atoms with Crippen LogP contribution in [-0.4, -0.2) is 35.1 Å². The Kier molecular flexibility index (Phi) is 5.93. The summed E-state index contributed by atoms with van der Waals surface area (Å²) in [4.78, 5) is 15.0. The molecule has 172 valence electrons. The van der Waals surface area contributed by atoms with Gasteiger partial charge in [-0.2, -0.15) is 0 Å². The first-order valence-corrected chi connectivity index (χ1v) is 17.1. The van der Waals surface area contributed by atoms with Gasteiger partial charge in [0.1, 0.15) is 0 Å². The molecule has 3 nitrogen and oxygen atoms in total. The van der Waals surface area contributed by atoms with Crippen molar-refractivity contribution in [2.75, 3.05) is 0 Å².